The lowest BCUT2D eigenvalue weighted by molar-refractivity contribution is -0.124. The Morgan fingerprint density at radius 3 is 2.28 bits per heavy atom. The maximum Gasteiger partial charge on any atom is 0.338 e. The van der Waals surface area contributed by atoms with Crippen LogP contribution in [0.3, 0.4) is 0 Å². The lowest BCUT2D eigenvalue weighted by Gasteiger charge is -2.21. The van der Waals surface area contributed by atoms with Crippen LogP contribution in [0.5, 0.6) is 11.8 Å². The van der Waals surface area contributed by atoms with Crippen molar-refractivity contribution in [3.8, 4) is 11.8 Å². The summed E-state index contributed by atoms with van der Waals surface area (Å²) >= 11 is 5.93. The number of urea groups is 1. The molecule has 0 aliphatic carbocycles. The number of sulfonamides is 1. The zero-order chi connectivity index (χ0) is 36.4. The third kappa shape index (κ3) is 7.10. The fourth-order valence-corrected chi connectivity index (χ4v) is 6.21. The minimum absolute atomic E-state index is 0.0197. The fourth-order valence-electron chi connectivity index (χ4n) is 4.66. The van der Waals surface area contributed by atoms with E-state index in [2.05, 4.69) is 35.6 Å². The molecule has 4 aromatic heterocycles. The predicted molar refractivity (Wildman–Crippen MR) is 181 cm³/mol. The minimum Gasteiger partial charge on any atom is -0.481 e. The van der Waals surface area contributed by atoms with Crippen LogP contribution in [0.15, 0.2) is 70.8 Å². The number of pyridine rings is 2. The molecule has 0 radical (unpaired) electrons. The van der Waals surface area contributed by atoms with E-state index in [9.17, 15) is 27.9 Å². The molecule has 1 atom stereocenters. The molecule has 260 valence electrons. The normalized spacial score (nSPS) is 15.6. The number of hydrogen-bond acceptors (Lipinski definition) is 12. The number of imidazole rings is 1. The van der Waals surface area contributed by atoms with E-state index in [1.54, 1.807) is 43.3 Å². The summed E-state index contributed by atoms with van der Waals surface area (Å²) in [5, 5.41) is 14.4. The van der Waals surface area contributed by atoms with Gasteiger partial charge in [0.1, 0.15) is 16.9 Å². The van der Waals surface area contributed by atoms with E-state index in [0.29, 0.717) is 11.2 Å². The highest BCUT2D eigenvalue weighted by atomic mass is 35.5. The molecule has 17 nitrogen and oxygen atoms in total. The van der Waals surface area contributed by atoms with E-state index in [-0.39, 0.29) is 56.8 Å². The predicted octanol–water partition coefficient (Wildman–Crippen LogP) is 3.53. The van der Waals surface area contributed by atoms with Crippen LogP contribution in [0.1, 0.15) is 36.8 Å². The van der Waals surface area contributed by atoms with Crippen molar-refractivity contribution in [3.63, 3.8) is 0 Å². The quantitative estimate of drug-likeness (QED) is 0.180. The Labute approximate surface area is 289 Å². The Hall–Kier alpha value is -5.88. The lowest BCUT2D eigenvalue weighted by Crippen LogP contribution is -2.41. The molecule has 19 heteroatoms. The van der Waals surface area contributed by atoms with Gasteiger partial charge in [0.2, 0.25) is 17.7 Å². The number of aromatic carboxylic acids is 1. The molecule has 3 amide bonds. The number of carboxylic acids is 1. The summed E-state index contributed by atoms with van der Waals surface area (Å²) in [6, 6.07) is 13.9. The standard InChI is InChI=1S/C17H17N3O3.C14H13ClN6O5S/c1-9(2)17(3)16(23)19-14(20-17)13-11(15(21)22)8-10-6-4-5-7-12(10)18-13;1-25-9-7-10(26-2)18-13(17-9)19-14(22)20-27(23,24)12-11(15)16-8-5-3-4-6-21(8)12/h4-9H,1-3H3,(H,21,22)(H,19,20,23);3-7H,1-2H3,(H2,17,18,19,20,22). The van der Waals surface area contributed by atoms with Crippen molar-refractivity contribution >= 4 is 67.9 Å². The number of amides is 3. The number of methoxy groups -OCH3 is 2. The Morgan fingerprint density at radius 1 is 1.00 bits per heavy atom. The summed E-state index contributed by atoms with van der Waals surface area (Å²) in [6.45, 7) is 5.54. The summed E-state index contributed by atoms with van der Waals surface area (Å²) in [7, 11) is -1.61. The average Bonchev–Trinajstić information content (AvgIpc) is 3.59. The Bertz CT molecular complexity index is 2270. The summed E-state index contributed by atoms with van der Waals surface area (Å²) in [5.41, 5.74) is 0.259. The van der Waals surface area contributed by atoms with Gasteiger partial charge < -0.3 is 19.9 Å². The molecule has 1 unspecified atom stereocenters. The van der Waals surface area contributed by atoms with Gasteiger partial charge in [-0.15, -0.1) is 0 Å². The number of hydrogen-bond donors (Lipinski definition) is 4. The van der Waals surface area contributed by atoms with Gasteiger partial charge in [-0.2, -0.15) is 18.4 Å². The molecular weight excluding hydrogens is 694 g/mol. The molecule has 1 aliphatic heterocycles. The number of anilines is 1. The number of benzene rings is 1. The van der Waals surface area contributed by atoms with Gasteiger partial charge >= 0.3 is 12.0 Å². The van der Waals surface area contributed by atoms with Gasteiger partial charge in [0, 0.05) is 11.6 Å². The number of carbonyl (C=O) groups is 3. The van der Waals surface area contributed by atoms with Gasteiger partial charge in [-0.25, -0.2) is 29.3 Å². The third-order valence-corrected chi connectivity index (χ3v) is 9.32. The largest absolute Gasteiger partial charge is 0.481 e. The number of fused-ring (bicyclic) bond motifs is 2. The second-order valence-corrected chi connectivity index (χ2v) is 13.0. The van der Waals surface area contributed by atoms with Crippen molar-refractivity contribution in [2.24, 2.45) is 10.9 Å². The maximum absolute atomic E-state index is 12.6. The molecule has 0 saturated carbocycles. The van der Waals surface area contributed by atoms with Gasteiger partial charge in [0.25, 0.3) is 15.9 Å². The number of nitrogens with zero attached hydrogens (tertiary/aromatic N) is 6. The van der Waals surface area contributed by atoms with Crippen molar-refractivity contribution in [2.45, 2.75) is 31.3 Å². The number of nitrogens with one attached hydrogen (secondary N) is 3. The van der Waals surface area contributed by atoms with Crippen LogP contribution in [0, 0.1) is 5.92 Å². The molecular formula is C31H30ClN9O8S. The Balaban J connectivity index is 0.000000197. The second kappa shape index (κ2) is 13.9. The highest BCUT2D eigenvalue weighted by Crippen LogP contribution is 2.28. The number of aromatic nitrogens is 5. The molecule has 0 bridgehead atoms. The minimum atomic E-state index is -4.34. The van der Waals surface area contributed by atoms with Crippen LogP contribution in [0.2, 0.25) is 5.15 Å². The zero-order valence-electron chi connectivity index (χ0n) is 27.1. The van der Waals surface area contributed by atoms with Gasteiger partial charge in [-0.05, 0) is 37.1 Å². The molecule has 1 aliphatic rings. The summed E-state index contributed by atoms with van der Waals surface area (Å²) in [6.07, 6.45) is 1.46. The van der Waals surface area contributed by atoms with Crippen LogP contribution in [-0.4, -0.2) is 81.4 Å². The second-order valence-electron chi connectivity index (χ2n) is 11.1. The first-order valence-corrected chi connectivity index (χ1v) is 16.5. The number of ether oxygens (including phenoxy) is 2. The van der Waals surface area contributed by atoms with Gasteiger partial charge in [0.05, 0.1) is 31.4 Å². The Morgan fingerprint density at radius 2 is 1.66 bits per heavy atom. The van der Waals surface area contributed by atoms with Crippen LogP contribution < -0.4 is 24.8 Å². The number of halogens is 1. The smallest absolute Gasteiger partial charge is 0.338 e. The van der Waals surface area contributed by atoms with E-state index < -0.39 is 27.6 Å². The molecule has 6 rings (SSSR count). The number of rotatable bonds is 8. The fraction of sp³-hybridized carbons (Fsp3) is 0.226. The maximum atomic E-state index is 12.6. The SMILES string of the molecule is CC(C)C1(C)N=C(c2nc3ccccc3cc2C(=O)O)NC1=O.COc1cc(OC)nc(NC(=O)NS(=O)(=O)c2c(Cl)nc3ccccn23)n1. The highest BCUT2D eigenvalue weighted by Gasteiger charge is 2.43. The number of carboxylic acid groups (broad SMARTS) is 1. The molecule has 50 heavy (non-hydrogen) atoms. The van der Waals surface area contributed by atoms with Gasteiger partial charge in [-0.3, -0.25) is 14.5 Å². The van der Waals surface area contributed by atoms with Crippen molar-refractivity contribution in [1.29, 1.82) is 0 Å². The number of aliphatic imine (C=N–C) groups is 1. The van der Waals surface area contributed by atoms with Crippen molar-refractivity contribution in [1.82, 2.24) is 34.4 Å². The molecule has 0 spiro atoms. The van der Waals surface area contributed by atoms with Crippen LogP contribution in [-0.2, 0) is 14.8 Å². The van der Waals surface area contributed by atoms with Crippen molar-refractivity contribution < 1.29 is 37.4 Å². The zero-order valence-corrected chi connectivity index (χ0v) is 28.7. The third-order valence-electron chi connectivity index (χ3n) is 7.59. The van der Waals surface area contributed by atoms with E-state index in [4.69, 9.17) is 21.1 Å². The van der Waals surface area contributed by atoms with Crippen LogP contribution >= 0.6 is 11.6 Å². The summed E-state index contributed by atoms with van der Waals surface area (Å²) in [4.78, 5) is 56.5. The van der Waals surface area contributed by atoms with E-state index in [0.717, 1.165) is 5.39 Å². The lowest BCUT2D eigenvalue weighted by atomic mass is 9.89. The molecule has 0 fully saturated rings. The molecule has 4 N–H and O–H groups in total. The van der Waals surface area contributed by atoms with E-state index >= 15 is 0 Å². The topological polar surface area (TPSA) is 228 Å². The molecule has 1 aromatic carbocycles. The van der Waals surface area contributed by atoms with Crippen molar-refractivity contribution in [2.75, 3.05) is 19.5 Å². The average molecular weight is 724 g/mol. The van der Waals surface area contributed by atoms with Gasteiger partial charge in [-0.1, -0.05) is 49.7 Å². The first-order chi connectivity index (χ1) is 23.7. The summed E-state index contributed by atoms with van der Waals surface area (Å²) in [5.74, 6) is -1.14. The van der Waals surface area contributed by atoms with Crippen LogP contribution in [0.4, 0.5) is 10.7 Å². The van der Waals surface area contributed by atoms with Crippen LogP contribution in [0.25, 0.3) is 16.6 Å². The first kappa shape index (κ1) is 35.4. The van der Waals surface area contributed by atoms with Gasteiger partial charge in [0.15, 0.2) is 16.0 Å². The molecule has 5 heterocycles. The van der Waals surface area contributed by atoms with Crippen molar-refractivity contribution in [3.05, 3.63) is 77.2 Å². The first-order valence-electron chi connectivity index (χ1n) is 14.6. The van der Waals surface area contributed by atoms with E-state index in [1.807, 2.05) is 30.7 Å². The molecule has 5 aromatic rings. The van der Waals surface area contributed by atoms with E-state index in [1.165, 1.54) is 30.9 Å². The Kier molecular flexibility index (Phi) is 9.87. The highest BCUT2D eigenvalue weighted by molar-refractivity contribution is 7.90. The summed E-state index contributed by atoms with van der Waals surface area (Å²) < 4.78 is 38.1. The number of para-hydroxylation sites is 1. The number of amidine groups is 1. The monoisotopic (exact) mass is 723 g/mol. The molecule has 0 saturated heterocycles. The number of carbonyl (C=O) groups excluding carboxylic acids is 2.